The lowest BCUT2D eigenvalue weighted by Crippen LogP contribution is -2.24. The van der Waals surface area contributed by atoms with Gasteiger partial charge >= 0.3 is 11.9 Å². The summed E-state index contributed by atoms with van der Waals surface area (Å²) >= 11 is 0. The molecule has 0 saturated carbocycles. The van der Waals surface area contributed by atoms with Crippen LogP contribution in [0.25, 0.3) is 0 Å². The highest BCUT2D eigenvalue weighted by Gasteiger charge is 2.30. The highest BCUT2D eigenvalue weighted by Crippen LogP contribution is 2.00. The number of carbonyl (C=O) groups is 1. The van der Waals surface area contributed by atoms with Crippen LogP contribution in [-0.4, -0.2) is 35.3 Å². The van der Waals surface area contributed by atoms with Crippen molar-refractivity contribution in [2.24, 2.45) is 4.99 Å². The fourth-order valence-electron chi connectivity index (χ4n) is 0.609. The minimum absolute atomic E-state index is 0.00579. The van der Waals surface area contributed by atoms with Gasteiger partial charge in [-0.25, -0.2) is 4.79 Å². The lowest BCUT2D eigenvalue weighted by molar-refractivity contribution is -0.351. The number of amides is 2. The van der Waals surface area contributed by atoms with Crippen molar-refractivity contribution in [1.29, 1.82) is 0 Å². The quantitative estimate of drug-likeness (QED) is 0.346. The molecule has 1 rings (SSSR count). The molecular weight excluding hydrogens is 138 g/mol. The maximum Gasteiger partial charge on any atom is 0.453 e. The van der Waals surface area contributed by atoms with E-state index in [1.165, 1.54) is 11.9 Å². The SMILES string of the molecule is CN1CC([N+](=O)[O-])=NC1=O. The van der Waals surface area contributed by atoms with E-state index >= 15 is 0 Å². The maximum atomic E-state index is 10.5. The van der Waals surface area contributed by atoms with Crippen LogP contribution in [0.4, 0.5) is 4.79 Å². The highest BCUT2D eigenvalue weighted by atomic mass is 16.6. The third kappa shape index (κ3) is 0.949. The average Bonchev–Trinajstić information content (AvgIpc) is 2.13. The smallest absolute Gasteiger partial charge is 0.358 e. The number of hydrogen-bond donors (Lipinski definition) is 0. The van der Waals surface area contributed by atoms with Crippen LogP contribution < -0.4 is 0 Å². The first-order chi connectivity index (χ1) is 4.61. The van der Waals surface area contributed by atoms with Gasteiger partial charge in [-0.2, -0.15) is 0 Å². The molecule has 54 valence electrons. The Morgan fingerprint density at radius 3 is 2.60 bits per heavy atom. The van der Waals surface area contributed by atoms with Gasteiger partial charge in [0, 0.05) is 12.0 Å². The first-order valence-corrected chi connectivity index (χ1v) is 2.58. The molecule has 2 amide bonds. The Morgan fingerprint density at radius 1 is 1.80 bits per heavy atom. The van der Waals surface area contributed by atoms with Gasteiger partial charge in [0.05, 0.1) is 0 Å². The number of rotatable bonds is 0. The molecule has 0 N–H and O–H groups in total. The summed E-state index contributed by atoms with van der Waals surface area (Å²) in [6.07, 6.45) is 0. The van der Waals surface area contributed by atoms with Crippen molar-refractivity contribution in [2.75, 3.05) is 13.6 Å². The average molecular weight is 143 g/mol. The van der Waals surface area contributed by atoms with Crippen LogP contribution in [-0.2, 0) is 0 Å². The Labute approximate surface area is 56.3 Å². The van der Waals surface area contributed by atoms with Crippen molar-refractivity contribution in [3.8, 4) is 0 Å². The Hall–Kier alpha value is -1.46. The maximum absolute atomic E-state index is 10.5. The summed E-state index contributed by atoms with van der Waals surface area (Å²) in [6.45, 7) is 0.00579. The summed E-state index contributed by atoms with van der Waals surface area (Å²) in [6, 6.07) is -0.549. The summed E-state index contributed by atoms with van der Waals surface area (Å²) < 4.78 is 0. The molecule has 10 heavy (non-hydrogen) atoms. The molecule has 1 aliphatic heterocycles. The predicted octanol–water partition coefficient (Wildman–Crippen LogP) is -0.273. The second-order valence-electron chi connectivity index (χ2n) is 1.92. The molecule has 0 fully saturated rings. The zero-order valence-corrected chi connectivity index (χ0v) is 5.27. The number of carbonyl (C=O) groups excluding carboxylic acids is 1. The molecular formula is C4H5N3O3. The molecule has 0 aromatic heterocycles. The minimum Gasteiger partial charge on any atom is -0.358 e. The molecule has 0 bridgehead atoms. The molecule has 6 heteroatoms. The molecule has 0 aromatic carbocycles. The van der Waals surface area contributed by atoms with Gasteiger partial charge in [0.1, 0.15) is 6.54 Å². The molecule has 1 aliphatic rings. The number of amidine groups is 1. The van der Waals surface area contributed by atoms with Gasteiger partial charge in [-0.3, -0.25) is 4.90 Å². The van der Waals surface area contributed by atoms with Crippen molar-refractivity contribution in [1.82, 2.24) is 4.90 Å². The number of aliphatic imine (C=N–C) groups is 1. The second kappa shape index (κ2) is 2.05. The molecule has 0 spiro atoms. The zero-order chi connectivity index (χ0) is 7.72. The summed E-state index contributed by atoms with van der Waals surface area (Å²) in [5, 5.41) is 9.99. The van der Waals surface area contributed by atoms with Crippen LogP contribution in [0.5, 0.6) is 0 Å². The molecule has 6 nitrogen and oxygen atoms in total. The Kier molecular flexibility index (Phi) is 1.37. The van der Waals surface area contributed by atoms with Gasteiger partial charge in [0.25, 0.3) is 0 Å². The number of urea groups is 1. The van der Waals surface area contributed by atoms with Crippen molar-refractivity contribution in [2.45, 2.75) is 0 Å². The second-order valence-corrected chi connectivity index (χ2v) is 1.92. The Balaban J connectivity index is 2.77. The monoisotopic (exact) mass is 143 g/mol. The van der Waals surface area contributed by atoms with Crippen molar-refractivity contribution in [3.63, 3.8) is 0 Å². The Bertz CT molecular complexity index is 222. The highest BCUT2D eigenvalue weighted by molar-refractivity contribution is 5.97. The minimum atomic E-state index is -0.651. The largest absolute Gasteiger partial charge is 0.453 e. The standard InChI is InChI=1S/C4H5N3O3/c1-6-2-3(7(9)10)5-4(6)8/h2H2,1H3. The lowest BCUT2D eigenvalue weighted by Gasteiger charge is -1.98. The first kappa shape index (κ1) is 6.66. The van der Waals surface area contributed by atoms with Gasteiger partial charge in [-0.15, -0.1) is 0 Å². The fraction of sp³-hybridized carbons (Fsp3) is 0.500. The number of nitro groups is 1. The fourth-order valence-corrected chi connectivity index (χ4v) is 0.609. The third-order valence-electron chi connectivity index (χ3n) is 1.14. The Morgan fingerprint density at radius 2 is 2.40 bits per heavy atom. The molecule has 0 aromatic rings. The van der Waals surface area contributed by atoms with Crippen LogP contribution in [0.15, 0.2) is 4.99 Å². The van der Waals surface area contributed by atoms with Crippen LogP contribution in [0.3, 0.4) is 0 Å². The molecule has 1 heterocycles. The van der Waals surface area contributed by atoms with Gasteiger partial charge in [0.2, 0.25) is 0 Å². The molecule has 0 radical (unpaired) electrons. The number of likely N-dealkylation sites (N-methyl/N-ethyl adjacent to an activating group) is 1. The van der Waals surface area contributed by atoms with E-state index in [1.807, 2.05) is 0 Å². The zero-order valence-electron chi connectivity index (χ0n) is 5.27. The topological polar surface area (TPSA) is 75.8 Å². The number of hydrogen-bond acceptors (Lipinski definition) is 3. The van der Waals surface area contributed by atoms with E-state index < -0.39 is 11.0 Å². The summed E-state index contributed by atoms with van der Waals surface area (Å²) in [7, 11) is 1.46. The van der Waals surface area contributed by atoms with Crippen LogP contribution in [0, 0.1) is 10.1 Å². The number of nitrogens with zero attached hydrogens (tertiary/aromatic N) is 3. The van der Waals surface area contributed by atoms with Crippen LogP contribution in [0.2, 0.25) is 0 Å². The summed E-state index contributed by atoms with van der Waals surface area (Å²) in [5.41, 5.74) is 0. The molecule has 0 unspecified atom stereocenters. The van der Waals surface area contributed by atoms with E-state index in [-0.39, 0.29) is 12.4 Å². The van der Waals surface area contributed by atoms with Crippen molar-refractivity contribution >= 4 is 11.9 Å². The lowest BCUT2D eigenvalue weighted by atomic mass is 10.6. The first-order valence-electron chi connectivity index (χ1n) is 2.58. The normalized spacial score (nSPS) is 17.5. The molecule has 0 saturated heterocycles. The summed E-state index contributed by atoms with van der Waals surface area (Å²) in [4.78, 5) is 24.2. The van der Waals surface area contributed by atoms with Crippen molar-refractivity contribution in [3.05, 3.63) is 10.1 Å². The van der Waals surface area contributed by atoms with Crippen LogP contribution in [0.1, 0.15) is 0 Å². The van der Waals surface area contributed by atoms with E-state index in [1.54, 1.807) is 0 Å². The summed E-state index contributed by atoms with van der Waals surface area (Å²) in [5.74, 6) is -0.285. The molecule has 0 aliphatic carbocycles. The van der Waals surface area contributed by atoms with Crippen LogP contribution >= 0.6 is 0 Å². The van der Waals surface area contributed by atoms with E-state index in [4.69, 9.17) is 0 Å². The van der Waals surface area contributed by atoms with Gasteiger partial charge in [-0.05, 0) is 4.92 Å². The van der Waals surface area contributed by atoms with Gasteiger partial charge in [-0.1, -0.05) is 0 Å². The van der Waals surface area contributed by atoms with E-state index in [0.29, 0.717) is 0 Å². The van der Waals surface area contributed by atoms with E-state index in [0.717, 1.165) is 0 Å². The van der Waals surface area contributed by atoms with E-state index in [9.17, 15) is 14.9 Å². The predicted molar refractivity (Wildman–Crippen MR) is 32.5 cm³/mol. The van der Waals surface area contributed by atoms with Crippen molar-refractivity contribution < 1.29 is 9.72 Å². The van der Waals surface area contributed by atoms with Gasteiger partial charge < -0.3 is 10.1 Å². The van der Waals surface area contributed by atoms with Gasteiger partial charge in [0.15, 0.2) is 0 Å². The van der Waals surface area contributed by atoms with E-state index in [2.05, 4.69) is 4.99 Å². The molecule has 0 atom stereocenters. The third-order valence-corrected chi connectivity index (χ3v) is 1.14.